The monoisotopic (exact) mass is 259 g/mol. The van der Waals surface area contributed by atoms with Crippen molar-refractivity contribution in [3.8, 4) is 0 Å². The number of carbonyl (C=O) groups excluding carboxylic acids is 1. The molecule has 1 aromatic rings. The van der Waals surface area contributed by atoms with Crippen LogP contribution in [0.1, 0.15) is 22.7 Å². The Morgan fingerprint density at radius 2 is 2.00 bits per heavy atom. The molecule has 0 spiro atoms. The molecule has 0 bridgehead atoms. The van der Waals surface area contributed by atoms with Gasteiger partial charge in [-0.05, 0) is 25.0 Å². The lowest BCUT2D eigenvalue weighted by Crippen LogP contribution is -2.57. The van der Waals surface area contributed by atoms with Gasteiger partial charge in [-0.2, -0.15) is 0 Å². The number of nitrogens with zero attached hydrogens (tertiary/aromatic N) is 2. The van der Waals surface area contributed by atoms with Crippen LogP contribution >= 0.6 is 0 Å². The van der Waals surface area contributed by atoms with Gasteiger partial charge >= 0.3 is 6.03 Å². The van der Waals surface area contributed by atoms with E-state index in [9.17, 15) is 4.79 Å². The van der Waals surface area contributed by atoms with Gasteiger partial charge in [0.05, 0.1) is 12.1 Å². The van der Waals surface area contributed by atoms with Crippen molar-refractivity contribution < 1.29 is 4.79 Å². The van der Waals surface area contributed by atoms with E-state index in [-0.39, 0.29) is 12.1 Å². The third-order valence-corrected chi connectivity index (χ3v) is 4.38. The second-order valence-corrected chi connectivity index (χ2v) is 5.73. The van der Waals surface area contributed by atoms with Gasteiger partial charge < -0.3 is 15.1 Å². The lowest BCUT2D eigenvalue weighted by atomic mass is 9.98. The van der Waals surface area contributed by atoms with Crippen LogP contribution in [0.25, 0.3) is 0 Å². The smallest absolute Gasteiger partial charge is 0.319 e. The first-order chi connectivity index (χ1) is 9.08. The summed E-state index contributed by atoms with van der Waals surface area (Å²) in [6, 6.07) is 7.22. The fourth-order valence-electron chi connectivity index (χ4n) is 2.95. The van der Waals surface area contributed by atoms with E-state index in [2.05, 4.69) is 37.4 Å². The van der Waals surface area contributed by atoms with Crippen molar-refractivity contribution in [2.24, 2.45) is 0 Å². The van der Waals surface area contributed by atoms with Crippen LogP contribution in [0.5, 0.6) is 0 Å². The summed E-state index contributed by atoms with van der Waals surface area (Å²) < 4.78 is 0. The fourth-order valence-corrected chi connectivity index (χ4v) is 2.95. The summed E-state index contributed by atoms with van der Waals surface area (Å²) in [6.07, 6.45) is 0. The van der Waals surface area contributed by atoms with Gasteiger partial charge in [0.2, 0.25) is 0 Å². The van der Waals surface area contributed by atoms with Crippen molar-refractivity contribution in [2.75, 3.05) is 26.7 Å². The molecule has 19 heavy (non-hydrogen) atoms. The fraction of sp³-hybridized carbons (Fsp3) is 0.533. The van der Waals surface area contributed by atoms with E-state index in [0.717, 1.165) is 19.6 Å². The number of urea groups is 1. The minimum Gasteiger partial charge on any atom is -0.319 e. The molecular weight excluding hydrogens is 238 g/mol. The van der Waals surface area contributed by atoms with Gasteiger partial charge in [-0.1, -0.05) is 23.8 Å². The molecule has 2 fully saturated rings. The second-order valence-electron chi connectivity index (χ2n) is 5.73. The molecule has 1 N–H and O–H groups in total. The topological polar surface area (TPSA) is 35.6 Å². The van der Waals surface area contributed by atoms with Crippen LogP contribution in [0.4, 0.5) is 4.79 Å². The molecule has 1 aromatic carbocycles. The number of benzene rings is 1. The lowest BCUT2D eigenvalue weighted by molar-refractivity contribution is 0.162. The van der Waals surface area contributed by atoms with E-state index in [0.29, 0.717) is 6.04 Å². The molecule has 0 radical (unpaired) electrons. The highest BCUT2D eigenvalue weighted by Gasteiger charge is 2.41. The van der Waals surface area contributed by atoms with Gasteiger partial charge in [0.15, 0.2) is 0 Å². The number of amides is 2. The van der Waals surface area contributed by atoms with Gasteiger partial charge in [-0.25, -0.2) is 4.79 Å². The second kappa shape index (κ2) is 4.53. The molecule has 4 heteroatoms. The van der Waals surface area contributed by atoms with Gasteiger partial charge in [0, 0.05) is 26.7 Å². The highest BCUT2D eigenvalue weighted by molar-refractivity contribution is 5.78. The molecule has 102 valence electrons. The summed E-state index contributed by atoms with van der Waals surface area (Å²) >= 11 is 0. The molecule has 0 aliphatic carbocycles. The highest BCUT2D eigenvalue weighted by atomic mass is 16.2. The zero-order chi connectivity index (χ0) is 13.6. The summed E-state index contributed by atoms with van der Waals surface area (Å²) in [5, 5.41) is 3.24. The highest BCUT2D eigenvalue weighted by Crippen LogP contribution is 2.32. The Morgan fingerprint density at radius 3 is 2.63 bits per heavy atom. The Hall–Kier alpha value is -1.55. The summed E-state index contributed by atoms with van der Waals surface area (Å²) in [5.74, 6) is 0. The van der Waals surface area contributed by atoms with Crippen molar-refractivity contribution in [3.05, 3.63) is 34.9 Å². The Labute approximate surface area is 114 Å². The van der Waals surface area contributed by atoms with Crippen LogP contribution in [0.2, 0.25) is 0 Å². The van der Waals surface area contributed by atoms with E-state index >= 15 is 0 Å². The molecular formula is C15H21N3O. The molecule has 2 aliphatic heterocycles. The first-order valence-corrected chi connectivity index (χ1v) is 6.89. The number of hydrogen-bond acceptors (Lipinski definition) is 2. The SMILES string of the molecule is Cc1ccc(C)c(C2CN(C3CNC3)C(=O)N2C)c1. The standard InChI is InChI=1S/C15H21N3O/c1-10-4-5-11(2)13(6-10)14-9-18(12-7-16-8-12)15(19)17(14)3/h4-6,12,14,16H,7-9H2,1-3H3. The summed E-state index contributed by atoms with van der Waals surface area (Å²) in [5.41, 5.74) is 3.81. The minimum atomic E-state index is 0.164. The van der Waals surface area contributed by atoms with Crippen molar-refractivity contribution >= 4 is 6.03 Å². The van der Waals surface area contributed by atoms with Crippen LogP contribution in [-0.4, -0.2) is 48.6 Å². The number of likely N-dealkylation sites (N-methyl/N-ethyl adjacent to an activating group) is 1. The summed E-state index contributed by atoms with van der Waals surface area (Å²) in [7, 11) is 1.92. The van der Waals surface area contributed by atoms with E-state index in [1.54, 1.807) is 0 Å². The number of rotatable bonds is 2. The minimum absolute atomic E-state index is 0.164. The molecule has 1 unspecified atom stereocenters. The number of nitrogens with one attached hydrogen (secondary N) is 1. The molecule has 2 amide bonds. The number of carbonyl (C=O) groups is 1. The van der Waals surface area contributed by atoms with Gasteiger partial charge in [-0.3, -0.25) is 0 Å². The maximum atomic E-state index is 12.3. The van der Waals surface area contributed by atoms with Crippen molar-refractivity contribution in [2.45, 2.75) is 25.9 Å². The summed E-state index contributed by atoms with van der Waals surface area (Å²) in [6.45, 7) is 6.90. The number of hydrogen-bond donors (Lipinski definition) is 1. The largest absolute Gasteiger partial charge is 0.320 e. The maximum absolute atomic E-state index is 12.3. The zero-order valence-corrected chi connectivity index (χ0v) is 11.8. The van der Waals surface area contributed by atoms with Crippen LogP contribution in [0, 0.1) is 13.8 Å². The molecule has 1 atom stereocenters. The van der Waals surface area contributed by atoms with Crippen molar-refractivity contribution in [3.63, 3.8) is 0 Å². The van der Waals surface area contributed by atoms with Gasteiger partial charge in [0.25, 0.3) is 0 Å². The molecule has 0 saturated carbocycles. The average molecular weight is 259 g/mol. The van der Waals surface area contributed by atoms with E-state index in [1.165, 1.54) is 16.7 Å². The third-order valence-electron chi connectivity index (χ3n) is 4.38. The first-order valence-electron chi connectivity index (χ1n) is 6.89. The predicted molar refractivity (Wildman–Crippen MR) is 75.2 cm³/mol. The molecule has 3 rings (SSSR count). The quantitative estimate of drug-likeness (QED) is 0.877. The molecule has 0 aromatic heterocycles. The average Bonchev–Trinajstić information content (AvgIpc) is 2.59. The van der Waals surface area contributed by atoms with Crippen LogP contribution < -0.4 is 5.32 Å². The van der Waals surface area contributed by atoms with Gasteiger partial charge in [-0.15, -0.1) is 0 Å². The first kappa shape index (κ1) is 12.5. The normalized spacial score (nSPS) is 23.9. The van der Waals surface area contributed by atoms with Gasteiger partial charge in [0.1, 0.15) is 0 Å². The van der Waals surface area contributed by atoms with Crippen molar-refractivity contribution in [1.82, 2.24) is 15.1 Å². The summed E-state index contributed by atoms with van der Waals surface area (Å²) in [4.78, 5) is 16.2. The molecule has 4 nitrogen and oxygen atoms in total. The zero-order valence-electron chi connectivity index (χ0n) is 11.8. The van der Waals surface area contributed by atoms with Crippen LogP contribution in [0.15, 0.2) is 18.2 Å². The van der Waals surface area contributed by atoms with E-state index in [1.807, 2.05) is 16.8 Å². The number of aryl methyl sites for hydroxylation is 2. The maximum Gasteiger partial charge on any atom is 0.320 e. The molecule has 2 aliphatic rings. The van der Waals surface area contributed by atoms with Crippen molar-refractivity contribution in [1.29, 1.82) is 0 Å². The Bertz CT molecular complexity index is 510. The van der Waals surface area contributed by atoms with E-state index in [4.69, 9.17) is 0 Å². The molecule has 2 heterocycles. The predicted octanol–water partition coefficient (Wildman–Crippen LogP) is 1.68. The lowest BCUT2D eigenvalue weighted by Gasteiger charge is -2.34. The Kier molecular flexibility index (Phi) is 2.97. The van der Waals surface area contributed by atoms with Crippen LogP contribution in [-0.2, 0) is 0 Å². The molecule has 2 saturated heterocycles. The Balaban J connectivity index is 1.88. The Morgan fingerprint density at radius 1 is 1.26 bits per heavy atom. The van der Waals surface area contributed by atoms with E-state index < -0.39 is 0 Å². The third kappa shape index (κ3) is 2.00. The van der Waals surface area contributed by atoms with Crippen LogP contribution in [0.3, 0.4) is 0 Å².